The van der Waals surface area contributed by atoms with Crippen molar-refractivity contribution >= 4 is 15.9 Å². The van der Waals surface area contributed by atoms with Gasteiger partial charge in [0.1, 0.15) is 5.75 Å². The van der Waals surface area contributed by atoms with E-state index >= 15 is 0 Å². The van der Waals surface area contributed by atoms with Gasteiger partial charge in [0, 0.05) is 11.1 Å². The Morgan fingerprint density at radius 2 is 2.00 bits per heavy atom. The summed E-state index contributed by atoms with van der Waals surface area (Å²) in [6.07, 6.45) is 0.661. The lowest BCUT2D eigenvalue weighted by Crippen LogP contribution is -2.19. The summed E-state index contributed by atoms with van der Waals surface area (Å²) in [5, 5.41) is 18.7. The van der Waals surface area contributed by atoms with Gasteiger partial charge in [0.25, 0.3) is 0 Å². The summed E-state index contributed by atoms with van der Waals surface area (Å²) in [6, 6.07) is 5.34. The molecule has 3 heteroatoms. The van der Waals surface area contributed by atoms with Crippen molar-refractivity contribution in [3.63, 3.8) is 0 Å². The average Bonchev–Trinajstić information content (AvgIpc) is 2.11. The second kappa shape index (κ2) is 4.32. The quantitative estimate of drug-likeness (QED) is 0.876. The smallest absolute Gasteiger partial charge is 0.118 e. The monoisotopic (exact) mass is 258 g/mol. The first kappa shape index (κ1) is 11.5. The van der Waals surface area contributed by atoms with Crippen molar-refractivity contribution in [2.45, 2.75) is 20.3 Å². The molecule has 0 saturated carbocycles. The van der Waals surface area contributed by atoms with Crippen LogP contribution in [-0.2, 0) is 6.42 Å². The standard InChI is InChI=1S/C11H15BrO2/c1-11(2,7-13)6-8-5-9(12)3-4-10(8)14/h3-5,13-14H,6-7H2,1-2H3. The Morgan fingerprint density at radius 3 is 2.57 bits per heavy atom. The van der Waals surface area contributed by atoms with Gasteiger partial charge in [-0.1, -0.05) is 29.8 Å². The molecule has 0 aliphatic heterocycles. The van der Waals surface area contributed by atoms with E-state index in [1.165, 1.54) is 0 Å². The lowest BCUT2D eigenvalue weighted by atomic mass is 9.86. The molecule has 0 bridgehead atoms. The molecule has 1 aromatic rings. The van der Waals surface area contributed by atoms with E-state index in [-0.39, 0.29) is 17.8 Å². The van der Waals surface area contributed by atoms with Crippen molar-refractivity contribution in [1.29, 1.82) is 0 Å². The van der Waals surface area contributed by atoms with E-state index < -0.39 is 0 Å². The Labute approximate surface area is 92.7 Å². The van der Waals surface area contributed by atoms with Gasteiger partial charge in [-0.2, -0.15) is 0 Å². The highest BCUT2D eigenvalue weighted by Crippen LogP contribution is 2.28. The summed E-state index contributed by atoms with van der Waals surface area (Å²) in [5.41, 5.74) is 0.663. The molecule has 0 aliphatic rings. The van der Waals surface area contributed by atoms with E-state index in [1.807, 2.05) is 19.9 Å². The van der Waals surface area contributed by atoms with Crippen LogP contribution in [-0.4, -0.2) is 16.8 Å². The predicted molar refractivity (Wildman–Crippen MR) is 60.4 cm³/mol. The lowest BCUT2D eigenvalue weighted by Gasteiger charge is -2.22. The molecule has 0 radical (unpaired) electrons. The fraction of sp³-hybridized carbons (Fsp3) is 0.455. The lowest BCUT2D eigenvalue weighted by molar-refractivity contribution is 0.159. The van der Waals surface area contributed by atoms with Crippen LogP contribution in [0.4, 0.5) is 0 Å². The van der Waals surface area contributed by atoms with E-state index in [0.717, 1.165) is 10.0 Å². The molecule has 0 spiro atoms. The molecule has 2 nitrogen and oxygen atoms in total. The van der Waals surface area contributed by atoms with Gasteiger partial charge < -0.3 is 10.2 Å². The number of benzene rings is 1. The number of aromatic hydroxyl groups is 1. The molecule has 0 amide bonds. The third kappa shape index (κ3) is 3.00. The number of aliphatic hydroxyl groups is 1. The Morgan fingerprint density at radius 1 is 1.36 bits per heavy atom. The van der Waals surface area contributed by atoms with Crippen molar-refractivity contribution in [2.75, 3.05) is 6.61 Å². The summed E-state index contributed by atoms with van der Waals surface area (Å²) in [4.78, 5) is 0. The third-order valence-electron chi connectivity index (χ3n) is 2.14. The highest BCUT2D eigenvalue weighted by atomic mass is 79.9. The van der Waals surface area contributed by atoms with Gasteiger partial charge in [-0.25, -0.2) is 0 Å². The van der Waals surface area contributed by atoms with Crippen molar-refractivity contribution in [1.82, 2.24) is 0 Å². The van der Waals surface area contributed by atoms with E-state index in [1.54, 1.807) is 12.1 Å². The first-order valence-corrected chi connectivity index (χ1v) is 5.32. The van der Waals surface area contributed by atoms with Crippen molar-refractivity contribution in [2.24, 2.45) is 5.41 Å². The molecule has 0 aliphatic carbocycles. The van der Waals surface area contributed by atoms with E-state index in [4.69, 9.17) is 5.11 Å². The number of phenolic OH excluding ortho intramolecular Hbond substituents is 1. The molecule has 0 saturated heterocycles. The summed E-state index contributed by atoms with van der Waals surface area (Å²) < 4.78 is 0.944. The second-order valence-electron chi connectivity index (χ2n) is 4.27. The van der Waals surface area contributed by atoms with Gasteiger partial charge in [0.05, 0.1) is 0 Å². The van der Waals surface area contributed by atoms with Crippen LogP contribution in [0.5, 0.6) is 5.75 Å². The molecular formula is C11H15BrO2. The number of aliphatic hydroxyl groups excluding tert-OH is 1. The molecule has 14 heavy (non-hydrogen) atoms. The van der Waals surface area contributed by atoms with Gasteiger partial charge in [-0.3, -0.25) is 0 Å². The fourth-order valence-electron chi connectivity index (χ4n) is 1.27. The third-order valence-corrected chi connectivity index (χ3v) is 2.63. The average molecular weight is 259 g/mol. The summed E-state index contributed by atoms with van der Waals surface area (Å²) in [6.45, 7) is 4.04. The van der Waals surface area contributed by atoms with E-state index in [2.05, 4.69) is 15.9 Å². The zero-order chi connectivity index (χ0) is 10.8. The van der Waals surface area contributed by atoms with Gasteiger partial charge in [-0.15, -0.1) is 0 Å². The molecule has 1 aromatic carbocycles. The van der Waals surface area contributed by atoms with Crippen molar-refractivity contribution in [3.8, 4) is 5.75 Å². The maximum atomic E-state index is 9.59. The molecule has 1 rings (SSSR count). The van der Waals surface area contributed by atoms with Gasteiger partial charge in [0.2, 0.25) is 0 Å². The minimum atomic E-state index is -0.196. The Bertz CT molecular complexity index is 321. The van der Waals surface area contributed by atoms with Crippen LogP contribution in [0.1, 0.15) is 19.4 Å². The number of phenols is 1. The summed E-state index contributed by atoms with van der Waals surface area (Å²) in [7, 11) is 0. The Balaban J connectivity index is 2.91. The number of hydrogen-bond donors (Lipinski definition) is 2. The van der Waals surface area contributed by atoms with Gasteiger partial charge >= 0.3 is 0 Å². The highest BCUT2D eigenvalue weighted by Gasteiger charge is 2.19. The number of halogens is 1. The zero-order valence-electron chi connectivity index (χ0n) is 8.42. The molecule has 2 N–H and O–H groups in total. The maximum Gasteiger partial charge on any atom is 0.118 e. The largest absolute Gasteiger partial charge is 0.508 e. The van der Waals surface area contributed by atoms with Gasteiger partial charge in [0.15, 0.2) is 0 Å². The molecule has 0 atom stereocenters. The van der Waals surface area contributed by atoms with Crippen LogP contribution >= 0.6 is 15.9 Å². The SMILES string of the molecule is CC(C)(CO)Cc1cc(Br)ccc1O. The Hall–Kier alpha value is -0.540. The predicted octanol–water partition coefficient (Wildman–Crippen LogP) is 2.72. The van der Waals surface area contributed by atoms with Crippen LogP contribution in [0.3, 0.4) is 0 Å². The molecule has 0 heterocycles. The molecule has 0 fully saturated rings. The first-order chi connectivity index (χ1) is 6.44. The molecule has 0 unspecified atom stereocenters. The van der Waals surface area contributed by atoms with Crippen LogP contribution < -0.4 is 0 Å². The van der Waals surface area contributed by atoms with Crippen molar-refractivity contribution in [3.05, 3.63) is 28.2 Å². The normalized spacial score (nSPS) is 11.7. The minimum absolute atomic E-state index is 0.110. The van der Waals surface area contributed by atoms with Crippen LogP contribution in [0.2, 0.25) is 0 Å². The minimum Gasteiger partial charge on any atom is -0.508 e. The summed E-state index contributed by atoms with van der Waals surface area (Å²) >= 11 is 3.35. The number of rotatable bonds is 3. The highest BCUT2D eigenvalue weighted by molar-refractivity contribution is 9.10. The molecule has 0 aromatic heterocycles. The fourth-order valence-corrected chi connectivity index (χ4v) is 1.68. The number of hydrogen-bond acceptors (Lipinski definition) is 2. The molecular weight excluding hydrogens is 244 g/mol. The zero-order valence-corrected chi connectivity index (χ0v) is 10.0. The Kier molecular flexibility index (Phi) is 3.56. The van der Waals surface area contributed by atoms with Crippen LogP contribution in [0.15, 0.2) is 22.7 Å². The van der Waals surface area contributed by atoms with Crippen molar-refractivity contribution < 1.29 is 10.2 Å². The first-order valence-electron chi connectivity index (χ1n) is 4.53. The molecule has 78 valence electrons. The topological polar surface area (TPSA) is 40.5 Å². The van der Waals surface area contributed by atoms with Crippen LogP contribution in [0, 0.1) is 5.41 Å². The summed E-state index contributed by atoms with van der Waals surface area (Å²) in [5.74, 6) is 0.287. The van der Waals surface area contributed by atoms with Gasteiger partial charge in [-0.05, 0) is 35.6 Å². The van der Waals surface area contributed by atoms with E-state index in [0.29, 0.717) is 6.42 Å². The van der Waals surface area contributed by atoms with E-state index in [9.17, 15) is 5.11 Å². The second-order valence-corrected chi connectivity index (χ2v) is 5.19. The maximum absolute atomic E-state index is 9.59. The van der Waals surface area contributed by atoms with Crippen LogP contribution in [0.25, 0.3) is 0 Å².